The van der Waals surface area contributed by atoms with Crippen molar-refractivity contribution in [3.05, 3.63) is 95.6 Å². The maximum absolute atomic E-state index is 13.4. The van der Waals surface area contributed by atoms with Crippen molar-refractivity contribution in [1.82, 2.24) is 14.8 Å². The Labute approximate surface area is 186 Å². The first-order valence-corrected chi connectivity index (χ1v) is 10.5. The van der Waals surface area contributed by atoms with Gasteiger partial charge in [-0.3, -0.25) is 14.6 Å². The number of hydrogen-bond donors (Lipinski definition) is 0. The van der Waals surface area contributed by atoms with Crippen LogP contribution in [0.15, 0.2) is 73.1 Å². The summed E-state index contributed by atoms with van der Waals surface area (Å²) in [5.74, 6) is 0.0198. The van der Waals surface area contributed by atoms with Crippen molar-refractivity contribution in [3.63, 3.8) is 0 Å². The van der Waals surface area contributed by atoms with Gasteiger partial charge in [-0.05, 0) is 41.5 Å². The van der Waals surface area contributed by atoms with Crippen LogP contribution < -0.4 is 4.74 Å². The number of aromatic nitrogens is 1. The largest absolute Gasteiger partial charge is 0.488 e. The molecule has 164 valence electrons. The number of pyridine rings is 1. The van der Waals surface area contributed by atoms with E-state index in [0.29, 0.717) is 49.5 Å². The van der Waals surface area contributed by atoms with Gasteiger partial charge in [-0.2, -0.15) is 0 Å². The SMILES string of the molecule is O=C(Cc1cccnc1)N1CCN(C(=O)c2ccccc2OCc2cccc(F)c2)CC1. The van der Waals surface area contributed by atoms with Crippen LogP contribution in [-0.2, 0) is 17.8 Å². The number of hydrogen-bond acceptors (Lipinski definition) is 4. The number of carbonyl (C=O) groups excluding carboxylic acids is 2. The van der Waals surface area contributed by atoms with Crippen LogP contribution in [0, 0.1) is 5.82 Å². The summed E-state index contributed by atoms with van der Waals surface area (Å²) in [6, 6.07) is 16.9. The number of amides is 2. The quantitative estimate of drug-likeness (QED) is 0.598. The Balaban J connectivity index is 1.35. The van der Waals surface area contributed by atoms with Gasteiger partial charge in [0.1, 0.15) is 18.2 Å². The van der Waals surface area contributed by atoms with Gasteiger partial charge in [0.2, 0.25) is 5.91 Å². The third-order valence-corrected chi connectivity index (χ3v) is 5.40. The second-order valence-corrected chi connectivity index (χ2v) is 7.63. The van der Waals surface area contributed by atoms with Crippen molar-refractivity contribution < 1.29 is 18.7 Å². The number of para-hydroxylation sites is 1. The fraction of sp³-hybridized carbons (Fsp3) is 0.240. The van der Waals surface area contributed by atoms with Crippen LogP contribution in [0.4, 0.5) is 4.39 Å². The van der Waals surface area contributed by atoms with Gasteiger partial charge in [0.15, 0.2) is 0 Å². The zero-order valence-electron chi connectivity index (χ0n) is 17.6. The summed E-state index contributed by atoms with van der Waals surface area (Å²) in [6.07, 6.45) is 3.68. The van der Waals surface area contributed by atoms with Gasteiger partial charge < -0.3 is 14.5 Å². The lowest BCUT2D eigenvalue weighted by atomic mass is 10.1. The molecule has 1 saturated heterocycles. The lowest BCUT2D eigenvalue weighted by molar-refractivity contribution is -0.131. The molecule has 3 aromatic rings. The molecule has 32 heavy (non-hydrogen) atoms. The number of ether oxygens (including phenoxy) is 1. The minimum absolute atomic E-state index is 0.0314. The molecule has 1 fully saturated rings. The third-order valence-electron chi connectivity index (χ3n) is 5.40. The lowest BCUT2D eigenvalue weighted by Crippen LogP contribution is -2.51. The standard InChI is InChI=1S/C25H24FN3O3/c26-21-7-3-5-20(15-21)18-32-23-9-2-1-8-22(23)25(31)29-13-11-28(12-14-29)24(30)16-19-6-4-10-27-17-19/h1-10,15,17H,11-14,16,18H2. The molecule has 0 N–H and O–H groups in total. The molecule has 0 atom stereocenters. The van der Waals surface area contributed by atoms with Crippen molar-refractivity contribution in [2.24, 2.45) is 0 Å². The number of benzene rings is 2. The Morgan fingerprint density at radius 2 is 1.66 bits per heavy atom. The minimum Gasteiger partial charge on any atom is -0.488 e. The van der Waals surface area contributed by atoms with E-state index in [0.717, 1.165) is 5.56 Å². The Hall–Kier alpha value is -3.74. The Morgan fingerprint density at radius 3 is 2.41 bits per heavy atom. The van der Waals surface area contributed by atoms with Crippen molar-refractivity contribution in [3.8, 4) is 5.75 Å². The number of halogens is 1. The van der Waals surface area contributed by atoms with Gasteiger partial charge in [0.05, 0.1) is 12.0 Å². The molecule has 7 heteroatoms. The van der Waals surface area contributed by atoms with E-state index in [1.165, 1.54) is 12.1 Å². The monoisotopic (exact) mass is 433 g/mol. The highest BCUT2D eigenvalue weighted by Gasteiger charge is 2.26. The summed E-state index contributed by atoms with van der Waals surface area (Å²) in [5.41, 5.74) is 2.02. The van der Waals surface area contributed by atoms with E-state index < -0.39 is 0 Å². The first-order valence-electron chi connectivity index (χ1n) is 10.5. The summed E-state index contributed by atoms with van der Waals surface area (Å²) in [4.78, 5) is 33.2. The Bertz CT molecular complexity index is 1080. The molecule has 0 bridgehead atoms. The number of nitrogens with zero attached hydrogens (tertiary/aromatic N) is 3. The highest BCUT2D eigenvalue weighted by atomic mass is 19.1. The molecular formula is C25H24FN3O3. The highest BCUT2D eigenvalue weighted by Crippen LogP contribution is 2.22. The summed E-state index contributed by atoms with van der Waals surface area (Å²) < 4.78 is 19.2. The molecule has 1 aromatic heterocycles. The van der Waals surface area contributed by atoms with Crippen LogP contribution in [0.5, 0.6) is 5.75 Å². The maximum Gasteiger partial charge on any atom is 0.257 e. The van der Waals surface area contributed by atoms with Crippen molar-refractivity contribution >= 4 is 11.8 Å². The smallest absolute Gasteiger partial charge is 0.257 e. The molecule has 0 unspecified atom stereocenters. The van der Waals surface area contributed by atoms with Gasteiger partial charge in [-0.1, -0.05) is 30.3 Å². The molecule has 1 aliphatic rings. The predicted molar refractivity (Wildman–Crippen MR) is 118 cm³/mol. The Morgan fingerprint density at radius 1 is 0.906 bits per heavy atom. The number of rotatable bonds is 6. The van der Waals surface area contributed by atoms with E-state index >= 15 is 0 Å². The van der Waals surface area contributed by atoms with Gasteiger partial charge in [-0.15, -0.1) is 0 Å². The van der Waals surface area contributed by atoms with Crippen LogP contribution in [0.1, 0.15) is 21.5 Å². The highest BCUT2D eigenvalue weighted by molar-refractivity contribution is 5.97. The molecule has 4 rings (SSSR count). The lowest BCUT2D eigenvalue weighted by Gasteiger charge is -2.35. The van der Waals surface area contributed by atoms with Crippen LogP contribution in [-0.4, -0.2) is 52.8 Å². The molecule has 0 aliphatic carbocycles. The number of piperazine rings is 1. The normalized spacial score (nSPS) is 13.7. The molecule has 0 spiro atoms. The molecule has 2 amide bonds. The average Bonchev–Trinajstić information content (AvgIpc) is 2.83. The van der Waals surface area contributed by atoms with Crippen molar-refractivity contribution in [1.29, 1.82) is 0 Å². The van der Waals surface area contributed by atoms with Crippen LogP contribution in [0.3, 0.4) is 0 Å². The van der Waals surface area contributed by atoms with E-state index in [-0.39, 0.29) is 24.2 Å². The predicted octanol–water partition coefficient (Wildman–Crippen LogP) is 3.33. The second kappa shape index (κ2) is 10.0. The fourth-order valence-corrected chi connectivity index (χ4v) is 3.68. The van der Waals surface area contributed by atoms with Crippen molar-refractivity contribution in [2.45, 2.75) is 13.0 Å². The van der Waals surface area contributed by atoms with Crippen LogP contribution in [0.2, 0.25) is 0 Å². The topological polar surface area (TPSA) is 62.7 Å². The average molecular weight is 433 g/mol. The zero-order chi connectivity index (χ0) is 22.3. The Kier molecular flexibility index (Phi) is 6.75. The molecule has 0 saturated carbocycles. The summed E-state index contributed by atoms with van der Waals surface area (Å²) in [6.45, 7) is 2.04. The van der Waals surface area contributed by atoms with E-state index in [4.69, 9.17) is 4.74 Å². The number of carbonyl (C=O) groups is 2. The van der Waals surface area contributed by atoms with Gasteiger partial charge in [0, 0.05) is 38.6 Å². The third kappa shape index (κ3) is 5.29. The van der Waals surface area contributed by atoms with Crippen LogP contribution in [0.25, 0.3) is 0 Å². The van der Waals surface area contributed by atoms with E-state index in [2.05, 4.69) is 4.98 Å². The molecule has 2 aromatic carbocycles. The van der Waals surface area contributed by atoms with E-state index in [1.54, 1.807) is 58.6 Å². The zero-order valence-corrected chi connectivity index (χ0v) is 17.6. The first kappa shape index (κ1) is 21.5. The summed E-state index contributed by atoms with van der Waals surface area (Å²) in [5, 5.41) is 0. The molecule has 1 aliphatic heterocycles. The first-order chi connectivity index (χ1) is 15.6. The second-order valence-electron chi connectivity index (χ2n) is 7.63. The maximum atomic E-state index is 13.4. The minimum atomic E-state index is -0.327. The molecule has 0 radical (unpaired) electrons. The van der Waals surface area contributed by atoms with Gasteiger partial charge in [0.25, 0.3) is 5.91 Å². The van der Waals surface area contributed by atoms with Gasteiger partial charge in [-0.25, -0.2) is 4.39 Å². The molecule has 6 nitrogen and oxygen atoms in total. The van der Waals surface area contributed by atoms with Crippen LogP contribution >= 0.6 is 0 Å². The van der Waals surface area contributed by atoms with Crippen molar-refractivity contribution in [2.75, 3.05) is 26.2 Å². The van der Waals surface area contributed by atoms with E-state index in [9.17, 15) is 14.0 Å². The molecular weight excluding hydrogens is 409 g/mol. The van der Waals surface area contributed by atoms with Gasteiger partial charge >= 0.3 is 0 Å². The molecule has 2 heterocycles. The van der Waals surface area contributed by atoms with E-state index in [1.807, 2.05) is 12.1 Å². The summed E-state index contributed by atoms with van der Waals surface area (Å²) in [7, 11) is 0. The fourth-order valence-electron chi connectivity index (χ4n) is 3.68. The summed E-state index contributed by atoms with van der Waals surface area (Å²) >= 11 is 0.